The SMILES string of the molecule is COc1ccc(SCC(=O)Nc2c(C)cc(SC#N)cc2C)cc1. The number of nitrogens with zero attached hydrogens (tertiary/aromatic N) is 1. The Labute approximate surface area is 150 Å². The first-order chi connectivity index (χ1) is 11.5. The Bertz CT molecular complexity index is 745. The third-order valence-corrected chi connectivity index (χ3v) is 4.94. The number of thioether (sulfide) groups is 2. The molecule has 0 bridgehead atoms. The molecule has 0 fully saturated rings. The normalized spacial score (nSPS) is 10.1. The van der Waals surface area contributed by atoms with Crippen LogP contribution >= 0.6 is 23.5 Å². The second kappa shape index (κ2) is 8.67. The minimum absolute atomic E-state index is 0.0531. The van der Waals surface area contributed by atoms with Crippen LogP contribution in [0.25, 0.3) is 0 Å². The van der Waals surface area contributed by atoms with E-state index in [0.717, 1.165) is 44.1 Å². The fourth-order valence-electron chi connectivity index (χ4n) is 2.23. The summed E-state index contributed by atoms with van der Waals surface area (Å²) in [6, 6.07) is 11.4. The molecule has 1 amide bonds. The van der Waals surface area contributed by atoms with Gasteiger partial charge in [-0.2, -0.15) is 5.26 Å². The second-order valence-corrected chi connectivity index (χ2v) is 7.04. The number of methoxy groups -OCH3 is 1. The number of nitriles is 1. The van der Waals surface area contributed by atoms with Crippen molar-refractivity contribution in [3.8, 4) is 11.2 Å². The van der Waals surface area contributed by atoms with Crippen LogP contribution in [0.2, 0.25) is 0 Å². The zero-order valence-electron chi connectivity index (χ0n) is 13.8. The van der Waals surface area contributed by atoms with Crippen LogP contribution in [-0.4, -0.2) is 18.8 Å². The number of nitrogens with one attached hydrogen (secondary N) is 1. The summed E-state index contributed by atoms with van der Waals surface area (Å²) >= 11 is 2.60. The van der Waals surface area contributed by atoms with Gasteiger partial charge in [-0.1, -0.05) is 0 Å². The number of carbonyl (C=O) groups excluding carboxylic acids is 1. The van der Waals surface area contributed by atoms with E-state index in [1.54, 1.807) is 7.11 Å². The van der Waals surface area contributed by atoms with Gasteiger partial charge in [0, 0.05) is 15.5 Å². The number of benzene rings is 2. The quantitative estimate of drug-likeness (QED) is 0.603. The fourth-order valence-corrected chi connectivity index (χ4v) is 3.50. The summed E-state index contributed by atoms with van der Waals surface area (Å²) in [4.78, 5) is 14.1. The maximum absolute atomic E-state index is 12.2. The molecule has 0 unspecified atom stereocenters. The average Bonchev–Trinajstić information content (AvgIpc) is 2.57. The predicted octanol–water partition coefficient (Wildman–Crippen LogP) is 4.62. The topological polar surface area (TPSA) is 62.1 Å². The highest BCUT2D eigenvalue weighted by Crippen LogP contribution is 2.28. The summed E-state index contributed by atoms with van der Waals surface area (Å²) in [5.74, 6) is 1.08. The van der Waals surface area contributed by atoms with Crippen molar-refractivity contribution in [3.63, 3.8) is 0 Å². The van der Waals surface area contributed by atoms with Crippen molar-refractivity contribution in [2.45, 2.75) is 23.6 Å². The van der Waals surface area contributed by atoms with Gasteiger partial charge in [0.15, 0.2) is 0 Å². The number of rotatable bonds is 6. The summed E-state index contributed by atoms with van der Waals surface area (Å²) in [5.41, 5.74) is 2.73. The third kappa shape index (κ3) is 4.95. The van der Waals surface area contributed by atoms with Crippen molar-refractivity contribution < 1.29 is 9.53 Å². The lowest BCUT2D eigenvalue weighted by Crippen LogP contribution is -2.15. The van der Waals surface area contributed by atoms with Crippen LogP contribution < -0.4 is 10.1 Å². The van der Waals surface area contributed by atoms with Crippen LogP contribution in [0.4, 0.5) is 5.69 Å². The molecule has 0 spiro atoms. The van der Waals surface area contributed by atoms with Gasteiger partial charge >= 0.3 is 0 Å². The number of thiocyanates is 1. The van der Waals surface area contributed by atoms with Crippen LogP contribution in [0.15, 0.2) is 46.2 Å². The second-order valence-electron chi connectivity index (χ2n) is 5.14. The fraction of sp³-hybridized carbons (Fsp3) is 0.222. The lowest BCUT2D eigenvalue weighted by Gasteiger charge is -2.13. The van der Waals surface area contributed by atoms with Crippen LogP contribution in [0.5, 0.6) is 5.75 Å². The Kier molecular flexibility index (Phi) is 6.59. The van der Waals surface area contributed by atoms with Gasteiger partial charge in [-0.25, -0.2) is 0 Å². The van der Waals surface area contributed by atoms with E-state index in [9.17, 15) is 4.79 Å². The predicted molar refractivity (Wildman–Crippen MR) is 99.7 cm³/mol. The van der Waals surface area contributed by atoms with E-state index in [1.165, 1.54) is 11.8 Å². The number of carbonyl (C=O) groups is 1. The van der Waals surface area contributed by atoms with Gasteiger partial charge in [0.25, 0.3) is 0 Å². The Morgan fingerprint density at radius 1 is 1.17 bits per heavy atom. The maximum Gasteiger partial charge on any atom is 0.234 e. The molecule has 0 aliphatic heterocycles. The maximum atomic E-state index is 12.2. The Morgan fingerprint density at radius 2 is 1.79 bits per heavy atom. The minimum Gasteiger partial charge on any atom is -0.497 e. The van der Waals surface area contributed by atoms with Crippen molar-refractivity contribution in [3.05, 3.63) is 47.5 Å². The van der Waals surface area contributed by atoms with Crippen molar-refractivity contribution >= 4 is 35.1 Å². The summed E-state index contributed by atoms with van der Waals surface area (Å²) in [6.45, 7) is 3.86. The minimum atomic E-state index is -0.0531. The summed E-state index contributed by atoms with van der Waals surface area (Å²) in [6.07, 6.45) is 0. The van der Waals surface area contributed by atoms with Crippen LogP contribution in [0.3, 0.4) is 0 Å². The van der Waals surface area contributed by atoms with Crippen LogP contribution in [-0.2, 0) is 4.79 Å². The number of hydrogen-bond donors (Lipinski definition) is 1. The zero-order chi connectivity index (χ0) is 17.5. The van der Waals surface area contributed by atoms with E-state index in [-0.39, 0.29) is 5.91 Å². The largest absolute Gasteiger partial charge is 0.497 e. The van der Waals surface area contributed by atoms with Gasteiger partial charge < -0.3 is 10.1 Å². The Morgan fingerprint density at radius 3 is 2.33 bits per heavy atom. The molecule has 0 radical (unpaired) electrons. The number of aryl methyl sites for hydroxylation is 2. The molecular weight excluding hydrogens is 340 g/mol. The molecule has 0 heterocycles. The van der Waals surface area contributed by atoms with E-state index in [0.29, 0.717) is 5.75 Å². The van der Waals surface area contributed by atoms with Crippen LogP contribution in [0, 0.1) is 24.5 Å². The highest BCUT2D eigenvalue weighted by molar-refractivity contribution is 8.03. The van der Waals surface area contributed by atoms with Gasteiger partial charge in [-0.3, -0.25) is 4.79 Å². The van der Waals surface area contributed by atoms with Gasteiger partial charge in [0.2, 0.25) is 5.91 Å². The molecule has 24 heavy (non-hydrogen) atoms. The first-order valence-electron chi connectivity index (χ1n) is 7.27. The van der Waals surface area contributed by atoms with E-state index in [1.807, 2.05) is 50.2 Å². The highest BCUT2D eigenvalue weighted by Gasteiger charge is 2.10. The molecule has 2 aromatic rings. The summed E-state index contributed by atoms with van der Waals surface area (Å²) in [5, 5.41) is 13.8. The van der Waals surface area contributed by atoms with Crippen LogP contribution in [0.1, 0.15) is 11.1 Å². The standard InChI is InChI=1S/C18H18N2O2S2/c1-12-8-16(24-11-19)9-13(2)18(12)20-17(21)10-23-15-6-4-14(22-3)5-7-15/h4-9H,10H2,1-3H3,(H,20,21). The molecule has 0 saturated carbocycles. The smallest absolute Gasteiger partial charge is 0.234 e. The van der Waals surface area contributed by atoms with E-state index in [2.05, 4.69) is 10.7 Å². The molecule has 0 saturated heterocycles. The highest BCUT2D eigenvalue weighted by atomic mass is 32.2. The zero-order valence-corrected chi connectivity index (χ0v) is 15.4. The molecule has 6 heteroatoms. The van der Waals surface area contributed by atoms with Crippen molar-refractivity contribution in [1.82, 2.24) is 0 Å². The Hall–Kier alpha value is -2.10. The van der Waals surface area contributed by atoms with Crippen molar-refractivity contribution in [1.29, 1.82) is 5.26 Å². The van der Waals surface area contributed by atoms with Crippen molar-refractivity contribution in [2.75, 3.05) is 18.2 Å². The van der Waals surface area contributed by atoms with Gasteiger partial charge in [-0.05, 0) is 73.1 Å². The number of anilines is 1. The molecule has 4 nitrogen and oxygen atoms in total. The van der Waals surface area contributed by atoms with Gasteiger partial charge in [0.05, 0.1) is 12.9 Å². The van der Waals surface area contributed by atoms with Crippen molar-refractivity contribution in [2.24, 2.45) is 0 Å². The molecule has 0 atom stereocenters. The molecule has 0 aliphatic carbocycles. The number of hydrogen-bond acceptors (Lipinski definition) is 5. The monoisotopic (exact) mass is 358 g/mol. The molecular formula is C18H18N2O2S2. The lowest BCUT2D eigenvalue weighted by molar-refractivity contribution is -0.113. The lowest BCUT2D eigenvalue weighted by atomic mass is 10.1. The van der Waals surface area contributed by atoms with E-state index in [4.69, 9.17) is 10.00 Å². The summed E-state index contributed by atoms with van der Waals surface area (Å²) in [7, 11) is 1.63. The summed E-state index contributed by atoms with van der Waals surface area (Å²) < 4.78 is 5.12. The third-order valence-electron chi connectivity index (χ3n) is 3.36. The Balaban J connectivity index is 1.98. The molecule has 1 N–H and O–H groups in total. The first kappa shape index (κ1) is 18.2. The number of amides is 1. The van der Waals surface area contributed by atoms with Gasteiger partial charge in [-0.15, -0.1) is 11.8 Å². The van der Waals surface area contributed by atoms with E-state index >= 15 is 0 Å². The molecule has 124 valence electrons. The molecule has 0 aliphatic rings. The van der Waals surface area contributed by atoms with Gasteiger partial charge in [0.1, 0.15) is 11.2 Å². The first-order valence-corrected chi connectivity index (χ1v) is 9.07. The molecule has 2 aromatic carbocycles. The number of ether oxygens (including phenoxy) is 1. The van der Waals surface area contributed by atoms with E-state index < -0.39 is 0 Å². The molecule has 0 aromatic heterocycles. The molecule has 2 rings (SSSR count). The average molecular weight is 358 g/mol.